The van der Waals surface area contributed by atoms with Crippen LogP contribution < -0.4 is 46.2 Å². The Labute approximate surface area is 582 Å². The largest absolute Gasteiger partial charge is 0.492 e. The van der Waals surface area contributed by atoms with Crippen LogP contribution in [0, 0.1) is 0 Å². The molecule has 3 saturated heterocycles. The lowest BCUT2D eigenvalue weighted by Gasteiger charge is -2.38. The van der Waals surface area contributed by atoms with E-state index in [0.29, 0.717) is 118 Å². The van der Waals surface area contributed by atoms with E-state index in [2.05, 4.69) is 33.5 Å². The summed E-state index contributed by atoms with van der Waals surface area (Å²) in [4.78, 5) is 68.3. The fourth-order valence-corrected chi connectivity index (χ4v) is 15.9. The van der Waals surface area contributed by atoms with Crippen molar-refractivity contribution in [2.24, 2.45) is 17.2 Å². The van der Waals surface area contributed by atoms with Gasteiger partial charge in [0.1, 0.15) is 17.2 Å². The first-order valence-corrected chi connectivity index (χ1v) is 35.3. The van der Waals surface area contributed by atoms with Gasteiger partial charge in [0.05, 0.1) is 43.7 Å². The van der Waals surface area contributed by atoms with E-state index in [9.17, 15) is 19.2 Å². The Balaban J connectivity index is 0.000000126. The van der Waals surface area contributed by atoms with Crippen molar-refractivity contribution in [3.8, 4) is 39.9 Å². The molecule has 0 bridgehead atoms. The van der Waals surface area contributed by atoms with E-state index in [-0.39, 0.29) is 46.7 Å². The zero-order chi connectivity index (χ0) is 67.4. The second-order valence-corrected chi connectivity index (χ2v) is 28.5. The van der Waals surface area contributed by atoms with Gasteiger partial charge in [0, 0.05) is 124 Å². The van der Waals surface area contributed by atoms with E-state index in [1.54, 1.807) is 29.8 Å². The number of carbonyl (C=O) groups excluding carboxylic acids is 4. The molecule has 98 heavy (non-hydrogen) atoms. The zero-order valence-electron chi connectivity index (χ0n) is 54.2. The van der Waals surface area contributed by atoms with Crippen molar-refractivity contribution in [1.82, 2.24) is 24.7 Å². The summed E-state index contributed by atoms with van der Waals surface area (Å²) < 4.78 is 28.9. The number of hydrogen-bond donors (Lipinski definition) is 4. The third kappa shape index (κ3) is 14.0. The molecule has 0 radical (unpaired) electrons. The van der Waals surface area contributed by atoms with Crippen LogP contribution in [0.25, 0.3) is 11.1 Å². The summed E-state index contributed by atoms with van der Waals surface area (Å²) in [7, 11) is 0. The number of nitrogens with one attached hydrogen (secondary N) is 1. The summed E-state index contributed by atoms with van der Waals surface area (Å²) >= 11 is 8.82. The quantitative estimate of drug-likeness (QED) is 0.0832. The van der Waals surface area contributed by atoms with Crippen LogP contribution in [0.2, 0.25) is 5.02 Å². The number of anilines is 1. The van der Waals surface area contributed by atoms with Crippen LogP contribution in [0.5, 0.6) is 28.7 Å². The Morgan fingerprint density at radius 1 is 0.490 bits per heavy atom. The average Bonchev–Trinajstić information content (AvgIpc) is 1.57. The summed E-state index contributed by atoms with van der Waals surface area (Å²) in [5.41, 5.74) is 29.1. The minimum atomic E-state index is -0.0845. The number of aromatic nitrogens is 2. The van der Waals surface area contributed by atoms with Gasteiger partial charge in [0.2, 0.25) is 12.7 Å². The zero-order valence-corrected chi connectivity index (χ0v) is 56.6. The molecule has 0 saturated carbocycles. The summed E-state index contributed by atoms with van der Waals surface area (Å²) in [6, 6.07) is 51.0. The van der Waals surface area contributed by atoms with Crippen LogP contribution in [-0.4, -0.2) is 114 Å². The van der Waals surface area contributed by atoms with Gasteiger partial charge in [-0.25, -0.2) is 9.97 Å². The summed E-state index contributed by atoms with van der Waals surface area (Å²) in [6.45, 7) is 7.96. The molecule has 4 amide bonds. The molecule has 7 aromatic carbocycles. The van der Waals surface area contributed by atoms with E-state index in [1.165, 1.54) is 28.5 Å². The van der Waals surface area contributed by atoms with Gasteiger partial charge >= 0.3 is 0 Å². The minimum Gasteiger partial charge on any atom is -0.492 e. The van der Waals surface area contributed by atoms with Crippen molar-refractivity contribution in [3.63, 3.8) is 0 Å². The van der Waals surface area contributed by atoms with Gasteiger partial charge in [0.25, 0.3) is 17.7 Å². The normalized spacial score (nSPS) is 16.9. The van der Waals surface area contributed by atoms with Gasteiger partial charge in [-0.15, -0.1) is 11.3 Å². The van der Waals surface area contributed by atoms with Crippen LogP contribution in [0.4, 0.5) is 5.69 Å². The predicted molar refractivity (Wildman–Crippen MR) is 379 cm³/mol. The second-order valence-electron chi connectivity index (χ2n) is 26.0. The standard InChI is InChI=1S/C27H26N2O4.C26H27N3O3S.C24H23ClN4O2S/c28-15-18-4-6-23-22(12-18)27(16-31-23)8-10-29(11-9-27)26(30)21-3-1-2-19(13-21)20-5-7-24-25(14-20)33-17-32-24;27-16-18-6-7-23-22(13-18)26(17-32-23)8-10-29(11-9-26)25(31)19-3-1-4-20(14-19)28-24(30)15-21-5-2-12-33-21;25-18-13-27-23(28-14-18)32-19-3-1-2-17(11-19)22(30)29-8-6-24(7-9-29)15-31-21-5-4-16(12-26)10-20(21)24/h1-7,12-14H,8-11,15-17,28H2;1-7,12-14H,8-11,15-17,27H2,(H,28,30);1-5,10-11,13-14H,6-9,12,15,26H2. The molecule has 9 heterocycles. The molecular formula is C77H76ClN9O9S2. The Bertz CT molecular complexity index is 4440. The van der Waals surface area contributed by atoms with Crippen molar-refractivity contribution in [1.29, 1.82) is 0 Å². The first kappa shape index (κ1) is 66.0. The fourth-order valence-electron chi connectivity index (χ4n) is 14.4. The van der Waals surface area contributed by atoms with Crippen LogP contribution in [0.15, 0.2) is 186 Å². The smallest absolute Gasteiger partial charge is 0.253 e. The molecule has 7 N–H and O–H groups in total. The molecule has 2 aromatic heterocycles. The second kappa shape index (κ2) is 28.7. The number of halogens is 1. The first-order valence-electron chi connectivity index (χ1n) is 33.2. The fraction of sp³-hybridized carbons (Fsp3) is 0.299. The lowest BCUT2D eigenvalue weighted by atomic mass is 9.74. The molecule has 18 nitrogen and oxygen atoms in total. The van der Waals surface area contributed by atoms with Gasteiger partial charge in [-0.2, -0.15) is 0 Å². The molecule has 21 heteroatoms. The van der Waals surface area contributed by atoms with Gasteiger partial charge in [0.15, 0.2) is 16.7 Å². The molecule has 0 aliphatic carbocycles. The van der Waals surface area contributed by atoms with Crippen LogP contribution >= 0.6 is 34.7 Å². The van der Waals surface area contributed by atoms with Gasteiger partial charge in [-0.05, 0) is 168 Å². The summed E-state index contributed by atoms with van der Waals surface area (Å²) in [5, 5.41) is 5.96. The third-order valence-corrected chi connectivity index (χ3v) is 22.1. The number of hydrogen-bond acceptors (Lipinski definition) is 16. The third-order valence-electron chi connectivity index (χ3n) is 20.1. The number of carbonyl (C=O) groups is 4. The molecular weight excluding hydrogens is 1290 g/mol. The Morgan fingerprint density at radius 3 is 1.45 bits per heavy atom. The monoisotopic (exact) mass is 1370 g/mol. The van der Waals surface area contributed by atoms with Crippen molar-refractivity contribution in [3.05, 3.63) is 235 Å². The maximum Gasteiger partial charge on any atom is 0.253 e. The van der Waals surface area contributed by atoms with E-state index in [4.69, 9.17) is 52.5 Å². The highest BCUT2D eigenvalue weighted by molar-refractivity contribution is 7.99. The van der Waals surface area contributed by atoms with Crippen molar-refractivity contribution in [2.45, 2.75) is 90.9 Å². The van der Waals surface area contributed by atoms with E-state index in [0.717, 1.165) is 105 Å². The maximum atomic E-state index is 13.4. The van der Waals surface area contributed by atoms with Crippen molar-refractivity contribution < 1.29 is 42.9 Å². The van der Waals surface area contributed by atoms with Crippen LogP contribution in [0.3, 0.4) is 0 Å². The molecule has 3 fully saturated rings. The van der Waals surface area contributed by atoms with Gasteiger partial charge in [-0.3, -0.25) is 19.2 Å². The average molecular weight is 1370 g/mol. The molecule has 9 aromatic rings. The minimum absolute atomic E-state index is 0.00551. The number of fused-ring (bicyclic) bond motifs is 7. The first-order chi connectivity index (χ1) is 47.8. The highest BCUT2D eigenvalue weighted by Gasteiger charge is 2.47. The van der Waals surface area contributed by atoms with Gasteiger partial charge < -0.3 is 60.9 Å². The molecule has 0 atom stereocenters. The lowest BCUT2D eigenvalue weighted by Crippen LogP contribution is -2.46. The Kier molecular flexibility index (Phi) is 19.3. The van der Waals surface area contributed by atoms with E-state index in [1.807, 2.05) is 154 Å². The molecule has 7 aliphatic rings. The highest BCUT2D eigenvalue weighted by atomic mass is 35.5. The topological polar surface area (TPSA) is 240 Å². The number of ether oxygens (including phenoxy) is 5. The maximum absolute atomic E-state index is 13.4. The predicted octanol–water partition coefficient (Wildman–Crippen LogP) is 12.4. The molecule has 502 valence electrons. The number of thiophene rings is 1. The van der Waals surface area contributed by atoms with Crippen molar-refractivity contribution >= 4 is 64.0 Å². The number of amides is 4. The number of benzene rings is 7. The van der Waals surface area contributed by atoms with Crippen LogP contribution in [-0.2, 0) is 47.1 Å². The number of rotatable bonds is 12. The number of piperidine rings is 3. The number of likely N-dealkylation sites (tertiary alicyclic amines) is 3. The van der Waals surface area contributed by atoms with Crippen LogP contribution in [0.1, 0.15) is 108 Å². The molecule has 3 spiro atoms. The number of nitrogens with zero attached hydrogens (tertiary/aromatic N) is 5. The molecule has 16 rings (SSSR count). The van der Waals surface area contributed by atoms with Crippen molar-refractivity contribution in [2.75, 3.05) is 71.2 Å². The lowest BCUT2D eigenvalue weighted by molar-refractivity contribution is -0.115. The Morgan fingerprint density at radius 2 is 0.949 bits per heavy atom. The van der Waals surface area contributed by atoms with E-state index >= 15 is 0 Å². The molecule has 7 aliphatic heterocycles. The SMILES string of the molecule is NCc1ccc2c(c1)C1(CCN(C(=O)c3cccc(-c4ccc5c(c4)OCO5)c3)CC1)CO2.NCc1ccc2c(c1)C1(CCN(C(=O)c3cccc(NC(=O)Cc4cccs4)c3)CC1)CO2.NCc1ccc2c(c1)C1(CCN(C(=O)c3cccc(Sc4ncc(Cl)cn4)c3)CC1)CO2. The van der Waals surface area contributed by atoms with Gasteiger partial charge in [-0.1, -0.05) is 84.4 Å². The van der Waals surface area contributed by atoms with E-state index < -0.39 is 0 Å². The Hall–Kier alpha value is -9.28. The number of nitrogens with two attached hydrogens (primary N) is 3. The summed E-state index contributed by atoms with van der Waals surface area (Å²) in [5.74, 6) is 4.38. The molecule has 0 unspecified atom stereocenters. The summed E-state index contributed by atoms with van der Waals surface area (Å²) in [6.07, 6.45) is 8.73. The highest BCUT2D eigenvalue weighted by Crippen LogP contribution is 2.49.